The zero-order valence-electron chi connectivity index (χ0n) is 21.6. The van der Waals surface area contributed by atoms with Gasteiger partial charge in [-0.15, -0.1) is 0 Å². The highest BCUT2D eigenvalue weighted by Crippen LogP contribution is 2.31. The van der Waals surface area contributed by atoms with E-state index in [-0.39, 0.29) is 29.9 Å². The Labute approximate surface area is 236 Å². The summed E-state index contributed by atoms with van der Waals surface area (Å²) < 4.78 is 15.8. The van der Waals surface area contributed by atoms with Crippen molar-refractivity contribution in [2.75, 3.05) is 34.2 Å². The SMILES string of the molecule is CC(C)N(C)CC1N(C(C=O)Cc2cccc(Cl)c2)C(=O)C(N(C)C)CN1S(=O)c1ccc(Cl)cc1Cl. The van der Waals surface area contributed by atoms with E-state index in [1.54, 1.807) is 58.5 Å². The minimum absolute atomic E-state index is 0.153. The molecule has 1 aliphatic rings. The number of amides is 1. The number of aldehydes is 1. The molecule has 1 saturated heterocycles. The Morgan fingerprint density at radius 1 is 1.08 bits per heavy atom. The molecule has 11 heteroatoms. The highest BCUT2D eigenvalue weighted by Gasteiger charge is 2.47. The molecule has 4 atom stereocenters. The van der Waals surface area contributed by atoms with Crippen LogP contribution < -0.4 is 0 Å². The molecule has 0 N–H and O–H groups in total. The van der Waals surface area contributed by atoms with Crippen molar-refractivity contribution < 1.29 is 13.8 Å². The van der Waals surface area contributed by atoms with Crippen LogP contribution in [0.5, 0.6) is 0 Å². The molecule has 1 fully saturated rings. The van der Waals surface area contributed by atoms with Crippen LogP contribution in [0.15, 0.2) is 47.4 Å². The van der Waals surface area contributed by atoms with E-state index in [0.29, 0.717) is 21.5 Å². The topological polar surface area (TPSA) is 64.2 Å². The van der Waals surface area contributed by atoms with Gasteiger partial charge in [0.1, 0.15) is 29.5 Å². The van der Waals surface area contributed by atoms with E-state index in [1.807, 2.05) is 33.0 Å². The number of carbonyl (C=O) groups excluding carboxylic acids is 2. The van der Waals surface area contributed by atoms with Gasteiger partial charge in [0, 0.05) is 29.2 Å². The molecule has 4 unspecified atom stereocenters. The quantitative estimate of drug-likeness (QED) is 0.390. The average Bonchev–Trinajstić information content (AvgIpc) is 2.82. The lowest BCUT2D eigenvalue weighted by atomic mass is 10.0. The van der Waals surface area contributed by atoms with E-state index in [9.17, 15) is 13.8 Å². The first kappa shape index (κ1) is 30.0. The Kier molecular flexibility index (Phi) is 10.6. The van der Waals surface area contributed by atoms with Crippen LogP contribution in [-0.2, 0) is 27.0 Å². The monoisotopic (exact) mass is 586 g/mol. The molecule has 1 heterocycles. The van der Waals surface area contributed by atoms with Crippen molar-refractivity contribution in [1.29, 1.82) is 0 Å². The Morgan fingerprint density at radius 2 is 1.76 bits per heavy atom. The van der Waals surface area contributed by atoms with Crippen LogP contribution in [0.1, 0.15) is 19.4 Å². The molecular formula is C26H33Cl3N4O3S. The van der Waals surface area contributed by atoms with Crippen molar-refractivity contribution in [1.82, 2.24) is 19.0 Å². The second-order valence-corrected chi connectivity index (χ2v) is 12.4. The number of hydrogen-bond acceptors (Lipinski definition) is 5. The number of nitrogens with zero attached hydrogens (tertiary/aromatic N) is 4. The van der Waals surface area contributed by atoms with Gasteiger partial charge >= 0.3 is 0 Å². The number of hydrogen-bond donors (Lipinski definition) is 0. The van der Waals surface area contributed by atoms with Crippen LogP contribution in [-0.4, -0.2) is 93.9 Å². The molecule has 0 aromatic heterocycles. The molecule has 0 spiro atoms. The van der Waals surface area contributed by atoms with E-state index >= 15 is 0 Å². The van der Waals surface area contributed by atoms with Gasteiger partial charge in [-0.25, -0.2) is 4.21 Å². The summed E-state index contributed by atoms with van der Waals surface area (Å²) in [5, 5.41) is 1.26. The van der Waals surface area contributed by atoms with E-state index in [4.69, 9.17) is 34.8 Å². The Hall–Kier alpha value is -1.52. The van der Waals surface area contributed by atoms with Crippen molar-refractivity contribution in [3.8, 4) is 0 Å². The van der Waals surface area contributed by atoms with E-state index in [2.05, 4.69) is 4.90 Å². The van der Waals surface area contributed by atoms with Gasteiger partial charge in [-0.1, -0.05) is 46.9 Å². The molecule has 3 rings (SSSR count). The first-order valence-corrected chi connectivity index (χ1v) is 14.2. The summed E-state index contributed by atoms with van der Waals surface area (Å²) in [7, 11) is 3.80. The second kappa shape index (κ2) is 13.0. The maximum atomic E-state index is 14.1. The number of benzene rings is 2. The number of likely N-dealkylation sites (N-methyl/N-ethyl adjacent to an activating group) is 2. The fourth-order valence-corrected chi connectivity index (χ4v) is 6.43. The fourth-order valence-electron chi connectivity index (χ4n) is 4.28. The Morgan fingerprint density at radius 3 is 2.32 bits per heavy atom. The van der Waals surface area contributed by atoms with Gasteiger partial charge in [0.05, 0.1) is 16.0 Å². The maximum Gasteiger partial charge on any atom is 0.243 e. The number of rotatable bonds is 10. The van der Waals surface area contributed by atoms with Crippen molar-refractivity contribution in [3.63, 3.8) is 0 Å². The minimum atomic E-state index is -1.73. The highest BCUT2D eigenvalue weighted by atomic mass is 35.5. The molecule has 202 valence electrons. The molecule has 0 bridgehead atoms. The zero-order chi connectivity index (χ0) is 27.4. The third kappa shape index (κ3) is 7.12. The Balaban J connectivity index is 2.11. The molecule has 0 radical (unpaired) electrons. The second-order valence-electron chi connectivity index (χ2n) is 9.70. The number of halogens is 3. The smallest absolute Gasteiger partial charge is 0.243 e. The van der Waals surface area contributed by atoms with Crippen molar-refractivity contribution in [2.45, 2.75) is 49.5 Å². The summed E-state index contributed by atoms with van der Waals surface area (Å²) in [5.41, 5.74) is 0.828. The summed E-state index contributed by atoms with van der Waals surface area (Å²) >= 11 is 18.7. The molecule has 1 aliphatic heterocycles. The summed E-state index contributed by atoms with van der Waals surface area (Å²) in [6, 6.07) is 10.8. The maximum absolute atomic E-state index is 14.1. The van der Waals surface area contributed by atoms with Gasteiger partial charge in [-0.2, -0.15) is 4.31 Å². The molecule has 0 aliphatic carbocycles. The van der Waals surface area contributed by atoms with Crippen molar-refractivity contribution >= 4 is 58.0 Å². The van der Waals surface area contributed by atoms with E-state index < -0.39 is 29.2 Å². The van der Waals surface area contributed by atoms with Crippen LogP contribution in [0, 0.1) is 0 Å². The first-order valence-electron chi connectivity index (χ1n) is 12.0. The third-order valence-electron chi connectivity index (χ3n) is 6.65. The third-order valence-corrected chi connectivity index (χ3v) is 9.09. The van der Waals surface area contributed by atoms with Gasteiger partial charge in [0.25, 0.3) is 0 Å². The predicted molar refractivity (Wildman–Crippen MR) is 150 cm³/mol. The predicted octanol–water partition coefficient (Wildman–Crippen LogP) is 4.22. The molecule has 1 amide bonds. The summed E-state index contributed by atoms with van der Waals surface area (Å²) in [5.74, 6) is -0.193. The lowest BCUT2D eigenvalue weighted by Crippen LogP contribution is -2.70. The average molecular weight is 588 g/mol. The summed E-state index contributed by atoms with van der Waals surface area (Å²) in [4.78, 5) is 32.3. The van der Waals surface area contributed by atoms with E-state index in [1.165, 1.54) is 0 Å². The standard InChI is InChI=1S/C26H33Cl3N4O3S/c1-17(2)31(5)15-25-32(37(36)24-10-9-20(28)13-22(24)29)14-23(30(3)4)26(35)33(25)21(16-34)12-18-7-6-8-19(27)11-18/h6-11,13,16-17,21,23,25H,12,14-15H2,1-5H3. The van der Waals surface area contributed by atoms with Crippen molar-refractivity contribution in [2.24, 2.45) is 0 Å². The number of carbonyl (C=O) groups is 2. The normalized spacial score (nSPS) is 20.6. The highest BCUT2D eigenvalue weighted by molar-refractivity contribution is 7.82. The van der Waals surface area contributed by atoms with Gasteiger partial charge in [0.2, 0.25) is 5.91 Å². The van der Waals surface area contributed by atoms with Crippen LogP contribution in [0.2, 0.25) is 15.1 Å². The first-order chi connectivity index (χ1) is 17.4. The minimum Gasteiger partial charge on any atom is -0.313 e. The summed E-state index contributed by atoms with van der Waals surface area (Å²) in [6.07, 6.45) is 0.411. The molecule has 2 aromatic carbocycles. The molecule has 2 aromatic rings. The molecule has 37 heavy (non-hydrogen) atoms. The van der Waals surface area contributed by atoms with Gasteiger partial charge in [0.15, 0.2) is 0 Å². The van der Waals surface area contributed by atoms with Crippen LogP contribution in [0.25, 0.3) is 0 Å². The van der Waals surface area contributed by atoms with E-state index in [0.717, 1.165) is 11.8 Å². The largest absolute Gasteiger partial charge is 0.313 e. The summed E-state index contributed by atoms with van der Waals surface area (Å²) in [6.45, 7) is 4.66. The Bertz CT molecular complexity index is 1150. The van der Waals surface area contributed by atoms with Crippen LogP contribution in [0.4, 0.5) is 0 Å². The van der Waals surface area contributed by atoms with Crippen LogP contribution in [0.3, 0.4) is 0 Å². The molecule has 7 nitrogen and oxygen atoms in total. The zero-order valence-corrected chi connectivity index (χ0v) is 24.7. The van der Waals surface area contributed by atoms with Gasteiger partial charge in [-0.3, -0.25) is 9.69 Å². The lowest BCUT2D eigenvalue weighted by molar-refractivity contribution is -0.154. The van der Waals surface area contributed by atoms with Gasteiger partial charge < -0.3 is 14.6 Å². The molecule has 0 saturated carbocycles. The van der Waals surface area contributed by atoms with Gasteiger partial charge in [-0.05, 0) is 77.3 Å². The lowest BCUT2D eigenvalue weighted by Gasteiger charge is -2.50. The van der Waals surface area contributed by atoms with Crippen LogP contribution >= 0.6 is 34.8 Å². The fraction of sp³-hybridized carbons (Fsp3) is 0.462. The van der Waals surface area contributed by atoms with Crippen molar-refractivity contribution in [3.05, 3.63) is 63.1 Å². The molecular weight excluding hydrogens is 555 g/mol.